The molecule has 1 saturated carbocycles. The van der Waals surface area contributed by atoms with Crippen LogP contribution in [0.4, 0.5) is 13.2 Å². The molecule has 4 nitrogen and oxygen atoms in total. The van der Waals surface area contributed by atoms with E-state index in [1.54, 1.807) is 0 Å². The Labute approximate surface area is 138 Å². The van der Waals surface area contributed by atoms with Crippen molar-refractivity contribution in [3.8, 4) is 0 Å². The number of hydrogen-bond acceptors (Lipinski definition) is 5. The van der Waals surface area contributed by atoms with Crippen LogP contribution in [-0.2, 0) is 14.3 Å². The highest BCUT2D eigenvalue weighted by molar-refractivity contribution is 7.81. The minimum atomic E-state index is -5.16. The molecular weight excluding hydrogens is 331 g/mol. The standard InChI is InChI=1S/C15H22F3NO3S/c16-15(17,18)13(21)22-12(20)14(6-1-2-11(14)23)7-3-10-4-8-19-9-5-10/h10-11,19,23H,1-9H2. The number of hydrogen-bond donors (Lipinski definition) is 2. The highest BCUT2D eigenvalue weighted by Crippen LogP contribution is 2.47. The van der Waals surface area contributed by atoms with Gasteiger partial charge in [0.25, 0.3) is 0 Å². The average Bonchev–Trinajstić information content (AvgIpc) is 2.87. The lowest BCUT2D eigenvalue weighted by molar-refractivity contribution is -0.205. The molecule has 0 radical (unpaired) electrons. The number of rotatable bonds is 4. The summed E-state index contributed by atoms with van der Waals surface area (Å²) in [6.45, 7) is 1.83. The number of ether oxygens (including phenoxy) is 1. The Balaban J connectivity index is 2.03. The summed E-state index contributed by atoms with van der Waals surface area (Å²) in [6, 6.07) is 0. The van der Waals surface area contributed by atoms with E-state index in [0.29, 0.717) is 31.6 Å². The van der Waals surface area contributed by atoms with Crippen molar-refractivity contribution in [2.45, 2.75) is 56.4 Å². The Hall–Kier alpha value is -0.760. The fraction of sp³-hybridized carbons (Fsp3) is 0.867. The monoisotopic (exact) mass is 353 g/mol. The molecule has 8 heteroatoms. The third-order valence-corrected chi connectivity index (χ3v) is 5.77. The van der Waals surface area contributed by atoms with E-state index in [1.165, 1.54) is 0 Å². The number of carbonyl (C=O) groups excluding carboxylic acids is 2. The van der Waals surface area contributed by atoms with Crippen molar-refractivity contribution in [1.29, 1.82) is 0 Å². The molecule has 2 aliphatic rings. The van der Waals surface area contributed by atoms with Crippen LogP contribution in [0.3, 0.4) is 0 Å². The largest absolute Gasteiger partial charge is 0.491 e. The van der Waals surface area contributed by atoms with E-state index in [4.69, 9.17) is 0 Å². The third kappa shape index (κ3) is 4.41. The quantitative estimate of drug-likeness (QED) is 0.464. The van der Waals surface area contributed by atoms with E-state index >= 15 is 0 Å². The number of halogens is 3. The molecule has 0 aromatic rings. The molecule has 2 atom stereocenters. The molecule has 1 aliphatic carbocycles. The average molecular weight is 353 g/mol. The van der Waals surface area contributed by atoms with E-state index in [-0.39, 0.29) is 5.25 Å². The third-order valence-electron chi connectivity index (χ3n) is 5.02. The fourth-order valence-electron chi connectivity index (χ4n) is 3.56. The second-order valence-corrected chi connectivity index (χ2v) is 7.09. The summed E-state index contributed by atoms with van der Waals surface area (Å²) in [7, 11) is 0. The summed E-state index contributed by atoms with van der Waals surface area (Å²) in [4.78, 5) is 23.3. The first kappa shape index (κ1) is 18.6. The van der Waals surface area contributed by atoms with Crippen molar-refractivity contribution in [1.82, 2.24) is 5.32 Å². The maximum Gasteiger partial charge on any atom is 0.491 e. The SMILES string of the molecule is O=C(OC(=O)C1(CCC2CCNCC2)CCCC1S)C(F)(F)F. The van der Waals surface area contributed by atoms with Gasteiger partial charge in [-0.3, -0.25) is 4.79 Å². The van der Waals surface area contributed by atoms with Crippen molar-refractivity contribution in [2.24, 2.45) is 11.3 Å². The summed E-state index contributed by atoms with van der Waals surface area (Å²) in [5.41, 5.74) is -1.07. The predicted molar refractivity (Wildman–Crippen MR) is 81.0 cm³/mol. The molecule has 0 aromatic carbocycles. The topological polar surface area (TPSA) is 55.4 Å². The summed E-state index contributed by atoms with van der Waals surface area (Å²) >= 11 is 4.40. The number of nitrogens with one attached hydrogen (secondary N) is 1. The lowest BCUT2D eigenvalue weighted by atomic mass is 9.77. The molecule has 2 unspecified atom stereocenters. The van der Waals surface area contributed by atoms with E-state index in [2.05, 4.69) is 22.7 Å². The molecule has 1 saturated heterocycles. The molecule has 132 valence electrons. The molecule has 0 bridgehead atoms. The van der Waals surface area contributed by atoms with Crippen molar-refractivity contribution < 1.29 is 27.5 Å². The molecule has 1 N–H and O–H groups in total. The lowest BCUT2D eigenvalue weighted by Crippen LogP contribution is -2.41. The van der Waals surface area contributed by atoms with Crippen molar-refractivity contribution >= 4 is 24.6 Å². The number of thiol groups is 1. The van der Waals surface area contributed by atoms with Crippen molar-refractivity contribution in [3.05, 3.63) is 0 Å². The maximum atomic E-state index is 12.3. The molecule has 0 aromatic heterocycles. The first-order chi connectivity index (χ1) is 10.8. The summed E-state index contributed by atoms with van der Waals surface area (Å²) in [5, 5.41) is 2.89. The van der Waals surface area contributed by atoms with Gasteiger partial charge in [0.2, 0.25) is 0 Å². The summed E-state index contributed by atoms with van der Waals surface area (Å²) in [6.07, 6.45) is -0.232. The first-order valence-corrected chi connectivity index (χ1v) is 8.49. The minimum Gasteiger partial charge on any atom is -0.386 e. The van der Waals surface area contributed by atoms with Gasteiger partial charge in [0, 0.05) is 5.25 Å². The smallest absolute Gasteiger partial charge is 0.386 e. The zero-order chi connectivity index (χ0) is 17.1. The van der Waals surface area contributed by atoms with Gasteiger partial charge in [0.15, 0.2) is 0 Å². The molecular formula is C15H22F3NO3S. The van der Waals surface area contributed by atoms with E-state index in [0.717, 1.165) is 32.4 Å². The molecule has 2 rings (SSSR count). The van der Waals surface area contributed by atoms with Gasteiger partial charge in [-0.15, -0.1) is 0 Å². The van der Waals surface area contributed by atoms with Gasteiger partial charge in [-0.25, -0.2) is 4.79 Å². The van der Waals surface area contributed by atoms with Gasteiger partial charge < -0.3 is 10.1 Å². The minimum absolute atomic E-state index is 0.363. The van der Waals surface area contributed by atoms with Crippen LogP contribution < -0.4 is 5.32 Å². The van der Waals surface area contributed by atoms with Gasteiger partial charge in [-0.1, -0.05) is 6.42 Å². The van der Waals surface area contributed by atoms with Gasteiger partial charge in [-0.2, -0.15) is 25.8 Å². The van der Waals surface area contributed by atoms with Gasteiger partial charge in [0.05, 0.1) is 5.41 Å². The second kappa shape index (κ2) is 7.42. The zero-order valence-electron chi connectivity index (χ0n) is 12.8. The summed E-state index contributed by atoms with van der Waals surface area (Å²) < 4.78 is 41.2. The Morgan fingerprint density at radius 2 is 1.87 bits per heavy atom. The maximum absolute atomic E-state index is 12.3. The van der Waals surface area contributed by atoms with Crippen molar-refractivity contribution in [2.75, 3.05) is 13.1 Å². The Morgan fingerprint density at radius 3 is 2.39 bits per heavy atom. The van der Waals surface area contributed by atoms with Gasteiger partial charge >= 0.3 is 18.1 Å². The molecule has 1 heterocycles. The molecule has 2 fully saturated rings. The molecule has 0 spiro atoms. The Kier molecular flexibility index (Phi) is 5.99. The molecule has 23 heavy (non-hydrogen) atoms. The number of piperidine rings is 1. The number of carbonyl (C=O) groups is 2. The van der Waals surface area contributed by atoms with Crippen LogP contribution in [0, 0.1) is 11.3 Å². The Morgan fingerprint density at radius 1 is 1.22 bits per heavy atom. The van der Waals surface area contributed by atoms with Crippen LogP contribution in [-0.4, -0.2) is 36.5 Å². The van der Waals surface area contributed by atoms with Crippen LogP contribution >= 0.6 is 12.6 Å². The van der Waals surface area contributed by atoms with Crippen LogP contribution in [0.2, 0.25) is 0 Å². The van der Waals surface area contributed by atoms with Crippen molar-refractivity contribution in [3.63, 3.8) is 0 Å². The Bertz CT molecular complexity index is 452. The number of alkyl halides is 3. The number of esters is 2. The van der Waals surface area contributed by atoms with Crippen LogP contribution in [0.15, 0.2) is 0 Å². The molecule has 1 aliphatic heterocycles. The predicted octanol–water partition coefficient (Wildman–Crippen LogP) is 2.87. The van der Waals surface area contributed by atoms with Crippen LogP contribution in [0.5, 0.6) is 0 Å². The highest BCUT2D eigenvalue weighted by atomic mass is 32.1. The second-order valence-electron chi connectivity index (χ2n) is 6.47. The van der Waals surface area contributed by atoms with Gasteiger partial charge in [0.1, 0.15) is 0 Å². The fourth-order valence-corrected chi connectivity index (χ4v) is 4.11. The zero-order valence-corrected chi connectivity index (χ0v) is 13.7. The van der Waals surface area contributed by atoms with Crippen LogP contribution in [0.25, 0.3) is 0 Å². The first-order valence-electron chi connectivity index (χ1n) is 7.98. The normalized spacial score (nSPS) is 29.5. The van der Waals surface area contributed by atoms with E-state index < -0.39 is 23.5 Å². The highest BCUT2D eigenvalue weighted by Gasteiger charge is 2.52. The van der Waals surface area contributed by atoms with E-state index in [9.17, 15) is 22.8 Å². The van der Waals surface area contributed by atoms with Crippen LogP contribution in [0.1, 0.15) is 44.9 Å². The van der Waals surface area contributed by atoms with Gasteiger partial charge in [-0.05, 0) is 57.5 Å². The molecule has 0 amide bonds. The lowest BCUT2D eigenvalue weighted by Gasteiger charge is -2.32. The summed E-state index contributed by atoms with van der Waals surface area (Å²) in [5.74, 6) is -3.05. The van der Waals surface area contributed by atoms with E-state index in [1.807, 2.05) is 0 Å².